The van der Waals surface area contributed by atoms with Gasteiger partial charge in [0, 0.05) is 45.0 Å². The molecule has 2 N–H and O–H groups in total. The molecule has 18 heavy (non-hydrogen) atoms. The van der Waals surface area contributed by atoms with Crippen molar-refractivity contribution < 1.29 is 0 Å². The Hall–Kier alpha value is -1.06. The van der Waals surface area contributed by atoms with Crippen LogP contribution in [0, 0.1) is 20.8 Å². The van der Waals surface area contributed by atoms with Crippen molar-refractivity contribution in [2.75, 3.05) is 44.2 Å². The third-order valence-electron chi connectivity index (χ3n) is 3.77. The highest BCUT2D eigenvalue weighted by molar-refractivity contribution is 5.60. The van der Waals surface area contributed by atoms with Gasteiger partial charge >= 0.3 is 0 Å². The second-order valence-corrected chi connectivity index (χ2v) is 5.36. The highest BCUT2D eigenvalue weighted by atomic mass is 15.3. The molecule has 0 bridgehead atoms. The van der Waals surface area contributed by atoms with E-state index in [4.69, 9.17) is 5.73 Å². The average molecular weight is 247 g/mol. The van der Waals surface area contributed by atoms with Crippen molar-refractivity contribution in [2.24, 2.45) is 5.73 Å². The zero-order valence-electron chi connectivity index (χ0n) is 11.9. The molecule has 0 atom stereocenters. The van der Waals surface area contributed by atoms with Gasteiger partial charge in [0.05, 0.1) is 0 Å². The lowest BCUT2D eigenvalue weighted by molar-refractivity contribution is 0.264. The Morgan fingerprint density at radius 2 is 1.56 bits per heavy atom. The van der Waals surface area contributed by atoms with E-state index in [1.165, 1.54) is 22.4 Å². The number of aryl methyl sites for hydroxylation is 3. The summed E-state index contributed by atoms with van der Waals surface area (Å²) in [7, 11) is 0. The van der Waals surface area contributed by atoms with Gasteiger partial charge in [-0.05, 0) is 31.9 Å². The topological polar surface area (TPSA) is 32.5 Å². The maximum atomic E-state index is 5.61. The molecule has 0 radical (unpaired) electrons. The third kappa shape index (κ3) is 2.85. The molecule has 0 amide bonds. The van der Waals surface area contributed by atoms with Gasteiger partial charge in [-0.25, -0.2) is 0 Å². The number of rotatable bonds is 3. The van der Waals surface area contributed by atoms with Gasteiger partial charge in [-0.3, -0.25) is 4.90 Å². The number of anilines is 1. The van der Waals surface area contributed by atoms with Crippen molar-refractivity contribution in [3.05, 3.63) is 28.8 Å². The molecule has 1 aliphatic heterocycles. The lowest BCUT2D eigenvalue weighted by Gasteiger charge is -2.37. The summed E-state index contributed by atoms with van der Waals surface area (Å²) in [5.74, 6) is 0. The Morgan fingerprint density at radius 3 is 2.06 bits per heavy atom. The summed E-state index contributed by atoms with van der Waals surface area (Å²) in [6, 6.07) is 4.57. The fraction of sp³-hybridized carbons (Fsp3) is 0.600. The van der Waals surface area contributed by atoms with Crippen molar-refractivity contribution in [1.82, 2.24) is 4.90 Å². The van der Waals surface area contributed by atoms with Gasteiger partial charge in [0.25, 0.3) is 0 Å². The SMILES string of the molecule is Cc1cc(C)c(N2CCN(CCN)CC2)c(C)c1. The maximum Gasteiger partial charge on any atom is 0.0426 e. The largest absolute Gasteiger partial charge is 0.369 e. The summed E-state index contributed by atoms with van der Waals surface area (Å²) in [4.78, 5) is 4.98. The van der Waals surface area contributed by atoms with Crippen LogP contribution in [0.1, 0.15) is 16.7 Å². The van der Waals surface area contributed by atoms with Crippen LogP contribution in [0.3, 0.4) is 0 Å². The van der Waals surface area contributed by atoms with Gasteiger partial charge in [-0.2, -0.15) is 0 Å². The Bertz CT molecular complexity index is 383. The second-order valence-electron chi connectivity index (χ2n) is 5.36. The van der Waals surface area contributed by atoms with E-state index in [-0.39, 0.29) is 0 Å². The molecule has 3 heteroatoms. The van der Waals surface area contributed by atoms with Crippen LogP contribution >= 0.6 is 0 Å². The van der Waals surface area contributed by atoms with Gasteiger partial charge in [-0.1, -0.05) is 17.7 Å². The minimum atomic E-state index is 0.766. The molecule has 0 saturated carbocycles. The van der Waals surface area contributed by atoms with Crippen LogP contribution in [-0.2, 0) is 0 Å². The summed E-state index contributed by atoms with van der Waals surface area (Å²) in [6.07, 6.45) is 0. The van der Waals surface area contributed by atoms with Gasteiger partial charge in [0.15, 0.2) is 0 Å². The highest BCUT2D eigenvalue weighted by Crippen LogP contribution is 2.27. The van der Waals surface area contributed by atoms with Gasteiger partial charge in [0.1, 0.15) is 0 Å². The molecule has 1 aromatic rings. The smallest absolute Gasteiger partial charge is 0.0426 e. The first-order chi connectivity index (χ1) is 8.61. The molecular formula is C15H25N3. The van der Waals surface area contributed by atoms with E-state index < -0.39 is 0 Å². The van der Waals surface area contributed by atoms with Crippen molar-refractivity contribution in [1.29, 1.82) is 0 Å². The number of piperazine rings is 1. The first-order valence-corrected chi connectivity index (χ1v) is 6.87. The van der Waals surface area contributed by atoms with Gasteiger partial charge in [0.2, 0.25) is 0 Å². The van der Waals surface area contributed by atoms with E-state index in [0.717, 1.165) is 39.3 Å². The number of nitrogens with zero attached hydrogens (tertiary/aromatic N) is 2. The van der Waals surface area contributed by atoms with Gasteiger partial charge < -0.3 is 10.6 Å². The predicted octanol–water partition coefficient (Wildman–Crippen LogP) is 1.69. The molecule has 100 valence electrons. The van der Waals surface area contributed by atoms with E-state index in [0.29, 0.717) is 0 Å². The molecule has 3 nitrogen and oxygen atoms in total. The Morgan fingerprint density at radius 1 is 1.00 bits per heavy atom. The normalized spacial score (nSPS) is 17.2. The molecule has 0 unspecified atom stereocenters. The zero-order valence-corrected chi connectivity index (χ0v) is 11.9. The minimum Gasteiger partial charge on any atom is -0.369 e. The molecule has 1 aromatic carbocycles. The van der Waals surface area contributed by atoms with Crippen LogP contribution in [0.2, 0.25) is 0 Å². The Labute approximate surface area is 111 Å². The van der Waals surface area contributed by atoms with E-state index >= 15 is 0 Å². The van der Waals surface area contributed by atoms with Crippen LogP contribution in [0.15, 0.2) is 12.1 Å². The first-order valence-electron chi connectivity index (χ1n) is 6.87. The van der Waals surface area contributed by atoms with Crippen molar-refractivity contribution in [3.63, 3.8) is 0 Å². The number of nitrogens with two attached hydrogens (primary N) is 1. The van der Waals surface area contributed by atoms with Crippen LogP contribution in [0.5, 0.6) is 0 Å². The number of benzene rings is 1. The number of hydrogen-bond donors (Lipinski definition) is 1. The Balaban J connectivity index is 2.10. The standard InChI is InChI=1S/C15H25N3/c1-12-10-13(2)15(14(3)11-12)18-8-6-17(5-4-16)7-9-18/h10-11H,4-9,16H2,1-3H3. The van der Waals surface area contributed by atoms with Crippen molar-refractivity contribution in [3.8, 4) is 0 Å². The predicted molar refractivity (Wildman–Crippen MR) is 78.4 cm³/mol. The molecule has 0 aromatic heterocycles. The molecule has 0 spiro atoms. The molecule has 1 aliphatic rings. The van der Waals surface area contributed by atoms with Crippen molar-refractivity contribution in [2.45, 2.75) is 20.8 Å². The second kappa shape index (κ2) is 5.72. The monoisotopic (exact) mass is 247 g/mol. The average Bonchev–Trinajstić information content (AvgIpc) is 2.30. The highest BCUT2D eigenvalue weighted by Gasteiger charge is 2.19. The lowest BCUT2D eigenvalue weighted by Crippen LogP contribution is -2.48. The van der Waals surface area contributed by atoms with E-state index in [2.05, 4.69) is 42.7 Å². The minimum absolute atomic E-state index is 0.766. The van der Waals surface area contributed by atoms with Crippen LogP contribution in [-0.4, -0.2) is 44.2 Å². The molecule has 1 saturated heterocycles. The molecule has 1 fully saturated rings. The molecule has 1 heterocycles. The fourth-order valence-electron chi connectivity index (χ4n) is 3.05. The van der Waals surface area contributed by atoms with Crippen LogP contribution in [0.25, 0.3) is 0 Å². The van der Waals surface area contributed by atoms with E-state index in [9.17, 15) is 0 Å². The van der Waals surface area contributed by atoms with Gasteiger partial charge in [-0.15, -0.1) is 0 Å². The Kier molecular flexibility index (Phi) is 4.25. The van der Waals surface area contributed by atoms with E-state index in [1.807, 2.05) is 0 Å². The molecular weight excluding hydrogens is 222 g/mol. The number of hydrogen-bond acceptors (Lipinski definition) is 3. The quantitative estimate of drug-likeness (QED) is 0.882. The summed E-state index contributed by atoms with van der Waals surface area (Å²) in [6.45, 7) is 12.9. The van der Waals surface area contributed by atoms with Crippen LogP contribution < -0.4 is 10.6 Å². The molecule has 2 rings (SSSR count). The zero-order chi connectivity index (χ0) is 13.1. The lowest BCUT2D eigenvalue weighted by atomic mass is 10.0. The van der Waals surface area contributed by atoms with E-state index in [1.54, 1.807) is 0 Å². The summed E-state index contributed by atoms with van der Waals surface area (Å²) >= 11 is 0. The summed E-state index contributed by atoms with van der Waals surface area (Å²) in [5.41, 5.74) is 11.2. The third-order valence-corrected chi connectivity index (χ3v) is 3.77. The molecule has 0 aliphatic carbocycles. The van der Waals surface area contributed by atoms with Crippen LogP contribution in [0.4, 0.5) is 5.69 Å². The van der Waals surface area contributed by atoms with Crippen molar-refractivity contribution >= 4 is 5.69 Å². The first kappa shape index (κ1) is 13.4. The summed E-state index contributed by atoms with van der Waals surface area (Å²) in [5, 5.41) is 0. The fourth-order valence-corrected chi connectivity index (χ4v) is 3.05. The maximum absolute atomic E-state index is 5.61. The summed E-state index contributed by atoms with van der Waals surface area (Å²) < 4.78 is 0.